The van der Waals surface area contributed by atoms with Gasteiger partial charge in [-0.15, -0.1) is 0 Å². The summed E-state index contributed by atoms with van der Waals surface area (Å²) in [6, 6.07) is 5.91. The van der Waals surface area contributed by atoms with Gasteiger partial charge >= 0.3 is 6.18 Å². The second-order valence-electron chi connectivity index (χ2n) is 3.24. The number of alkyl halides is 3. The molecule has 1 aromatic carbocycles. The molecule has 0 aliphatic heterocycles. The predicted octanol–water partition coefficient (Wildman–Crippen LogP) is 1.83. The first-order valence-corrected chi connectivity index (χ1v) is 4.37. The monoisotopic (exact) mass is 229 g/mol. The molecule has 0 N–H and O–H groups in total. The zero-order chi connectivity index (χ0) is 12.3. The van der Waals surface area contributed by atoms with Crippen LogP contribution in [0.15, 0.2) is 30.3 Å². The second kappa shape index (κ2) is 4.38. The molecular weight excluding hydrogens is 221 g/mol. The molecule has 0 amide bonds. The smallest absolute Gasteiger partial charge is 0.454 e. The third-order valence-corrected chi connectivity index (χ3v) is 1.88. The van der Waals surface area contributed by atoms with E-state index >= 15 is 0 Å². The minimum absolute atomic E-state index is 0.0585. The first-order chi connectivity index (χ1) is 7.30. The average Bonchev–Trinajstić information content (AvgIpc) is 2.17. The van der Waals surface area contributed by atoms with Gasteiger partial charge in [0.15, 0.2) is 0 Å². The van der Waals surface area contributed by atoms with Crippen molar-refractivity contribution in [1.29, 1.82) is 0 Å². The molecule has 0 unspecified atom stereocenters. The number of halogens is 3. The van der Waals surface area contributed by atoms with E-state index in [4.69, 9.17) is 0 Å². The van der Waals surface area contributed by atoms with Crippen LogP contribution in [-0.2, 0) is 4.79 Å². The highest BCUT2D eigenvalue weighted by atomic mass is 19.4. The molecule has 16 heavy (non-hydrogen) atoms. The summed E-state index contributed by atoms with van der Waals surface area (Å²) in [5.41, 5.74) is 0.932. The third-order valence-electron chi connectivity index (χ3n) is 1.88. The number of hydrogen-bond donors (Lipinski definition) is 0. The van der Waals surface area contributed by atoms with Gasteiger partial charge in [-0.25, -0.2) is 0 Å². The van der Waals surface area contributed by atoms with Crippen LogP contribution in [-0.4, -0.2) is 12.0 Å². The Hall–Kier alpha value is -1.78. The van der Waals surface area contributed by atoms with E-state index in [0.717, 1.165) is 5.56 Å². The number of carbonyl (C=O) groups is 1. The fourth-order valence-corrected chi connectivity index (χ4v) is 1.00. The van der Waals surface area contributed by atoms with Crippen LogP contribution in [0.2, 0.25) is 0 Å². The maximum absolute atomic E-state index is 11.9. The highest BCUT2D eigenvalue weighted by Crippen LogP contribution is 2.18. The molecule has 1 rings (SSSR count). The number of ketones is 1. The van der Waals surface area contributed by atoms with Crippen LogP contribution >= 0.6 is 0 Å². The highest BCUT2D eigenvalue weighted by molar-refractivity contribution is 5.98. The normalized spacial score (nSPS) is 12.6. The number of hydrogen-bond acceptors (Lipinski definition) is 2. The van der Waals surface area contributed by atoms with Crippen molar-refractivity contribution in [2.24, 2.45) is 0 Å². The standard InChI is InChI=1S/C11H9F3O2/c1-7-2-4-8(5-3-7)9(15)6-10(16)11(12,13)14/h2-6,15H,1H3/p-1. The van der Waals surface area contributed by atoms with Crippen molar-refractivity contribution in [2.75, 3.05) is 0 Å². The number of benzene rings is 1. The molecule has 0 fully saturated rings. The largest absolute Gasteiger partial charge is 0.872 e. The van der Waals surface area contributed by atoms with Crippen LogP contribution in [0.3, 0.4) is 0 Å². The SMILES string of the molecule is Cc1ccc(C([O-])=CC(=O)C(F)(F)F)cc1. The van der Waals surface area contributed by atoms with Gasteiger partial charge in [-0.05, 0) is 18.6 Å². The van der Waals surface area contributed by atoms with Crippen molar-refractivity contribution in [3.63, 3.8) is 0 Å². The first kappa shape index (κ1) is 12.3. The van der Waals surface area contributed by atoms with Crippen LogP contribution in [0.25, 0.3) is 5.76 Å². The second-order valence-corrected chi connectivity index (χ2v) is 3.24. The van der Waals surface area contributed by atoms with Gasteiger partial charge in [0, 0.05) is 0 Å². The predicted molar refractivity (Wildman–Crippen MR) is 50.2 cm³/mol. The average molecular weight is 229 g/mol. The van der Waals surface area contributed by atoms with E-state index in [9.17, 15) is 23.1 Å². The van der Waals surface area contributed by atoms with Gasteiger partial charge in [0.25, 0.3) is 5.78 Å². The van der Waals surface area contributed by atoms with E-state index in [1.54, 1.807) is 19.1 Å². The molecule has 0 aromatic heterocycles. The molecule has 2 nitrogen and oxygen atoms in total. The Morgan fingerprint density at radius 3 is 2.19 bits per heavy atom. The van der Waals surface area contributed by atoms with Crippen LogP contribution < -0.4 is 5.11 Å². The zero-order valence-electron chi connectivity index (χ0n) is 8.34. The van der Waals surface area contributed by atoms with Gasteiger partial charge < -0.3 is 5.11 Å². The summed E-state index contributed by atoms with van der Waals surface area (Å²) in [6.45, 7) is 1.78. The van der Waals surface area contributed by atoms with Crippen molar-refractivity contribution < 1.29 is 23.1 Å². The number of allylic oxidation sites excluding steroid dienone is 1. The molecule has 86 valence electrons. The van der Waals surface area contributed by atoms with E-state index in [0.29, 0.717) is 0 Å². The number of aryl methyl sites for hydroxylation is 1. The zero-order valence-corrected chi connectivity index (χ0v) is 8.34. The van der Waals surface area contributed by atoms with Gasteiger partial charge in [-0.2, -0.15) is 13.2 Å². The third kappa shape index (κ3) is 3.12. The minimum Gasteiger partial charge on any atom is -0.872 e. The van der Waals surface area contributed by atoms with Crippen molar-refractivity contribution in [3.05, 3.63) is 41.5 Å². The van der Waals surface area contributed by atoms with Crippen LogP contribution in [0.5, 0.6) is 0 Å². The molecule has 0 bridgehead atoms. The van der Waals surface area contributed by atoms with Crippen molar-refractivity contribution >= 4 is 11.5 Å². The summed E-state index contributed by atoms with van der Waals surface area (Å²) in [5, 5.41) is 11.2. The summed E-state index contributed by atoms with van der Waals surface area (Å²) >= 11 is 0. The lowest BCUT2D eigenvalue weighted by molar-refractivity contribution is -0.244. The van der Waals surface area contributed by atoms with Gasteiger partial charge in [0.2, 0.25) is 0 Å². The lowest BCUT2D eigenvalue weighted by atomic mass is 10.1. The van der Waals surface area contributed by atoms with Crippen LogP contribution in [0, 0.1) is 6.92 Å². The van der Waals surface area contributed by atoms with Gasteiger partial charge in [-0.3, -0.25) is 4.79 Å². The summed E-state index contributed by atoms with van der Waals surface area (Å²) in [6.07, 6.45) is -4.94. The molecule has 0 heterocycles. The topological polar surface area (TPSA) is 40.1 Å². The van der Waals surface area contributed by atoms with Crippen molar-refractivity contribution in [3.8, 4) is 0 Å². The van der Waals surface area contributed by atoms with Crippen molar-refractivity contribution in [2.45, 2.75) is 13.1 Å². The van der Waals surface area contributed by atoms with Crippen molar-refractivity contribution in [1.82, 2.24) is 0 Å². The van der Waals surface area contributed by atoms with E-state index in [2.05, 4.69) is 0 Å². The molecule has 0 radical (unpaired) electrons. The molecule has 0 saturated heterocycles. The van der Waals surface area contributed by atoms with Gasteiger partial charge in [-0.1, -0.05) is 35.6 Å². The Morgan fingerprint density at radius 2 is 1.75 bits per heavy atom. The molecule has 0 aliphatic carbocycles. The van der Waals surface area contributed by atoms with E-state index in [-0.39, 0.29) is 11.6 Å². The Bertz CT molecular complexity index is 416. The molecule has 0 aliphatic rings. The lowest BCUT2D eigenvalue weighted by Gasteiger charge is -2.12. The molecule has 1 aromatic rings. The van der Waals surface area contributed by atoms with E-state index < -0.39 is 17.7 Å². The summed E-state index contributed by atoms with van der Waals surface area (Å²) in [7, 11) is 0. The maximum Gasteiger partial charge on any atom is 0.454 e. The van der Waals surface area contributed by atoms with Crippen LogP contribution in [0.1, 0.15) is 11.1 Å². The molecule has 5 heteroatoms. The van der Waals surface area contributed by atoms with Crippen LogP contribution in [0.4, 0.5) is 13.2 Å². The molecule has 0 spiro atoms. The van der Waals surface area contributed by atoms with E-state index in [1.165, 1.54) is 12.1 Å². The first-order valence-electron chi connectivity index (χ1n) is 4.37. The fraction of sp³-hybridized carbons (Fsp3) is 0.182. The number of carbonyl (C=O) groups excluding carboxylic acids is 1. The van der Waals surface area contributed by atoms with Gasteiger partial charge in [0.1, 0.15) is 0 Å². The molecule has 0 saturated carbocycles. The summed E-state index contributed by atoms with van der Waals surface area (Å²) < 4.78 is 35.6. The highest BCUT2D eigenvalue weighted by Gasteiger charge is 2.36. The summed E-state index contributed by atoms with van der Waals surface area (Å²) in [4.78, 5) is 10.5. The molecule has 0 atom stereocenters. The Balaban J connectivity index is 2.94. The fourth-order valence-electron chi connectivity index (χ4n) is 1.00. The Labute approximate surface area is 90.0 Å². The Morgan fingerprint density at radius 1 is 1.25 bits per heavy atom. The maximum atomic E-state index is 11.9. The lowest BCUT2D eigenvalue weighted by Crippen LogP contribution is -2.21. The quantitative estimate of drug-likeness (QED) is 0.573. The number of rotatable bonds is 2. The van der Waals surface area contributed by atoms with E-state index in [1.807, 2.05) is 0 Å². The van der Waals surface area contributed by atoms with Gasteiger partial charge in [0.05, 0.1) is 0 Å². The minimum atomic E-state index is -5.00. The summed E-state index contributed by atoms with van der Waals surface area (Å²) in [5.74, 6) is -3.08. The Kier molecular flexibility index (Phi) is 3.37. The molecular formula is C11H8F3O2-.